The van der Waals surface area contributed by atoms with E-state index in [1.54, 1.807) is 26.0 Å². The topological polar surface area (TPSA) is 85.8 Å². The van der Waals surface area contributed by atoms with Crippen molar-refractivity contribution >= 4 is 17.8 Å². The smallest absolute Gasteiger partial charge is 0.253 e. The number of rotatable bonds is 8. The number of nitrogens with zero attached hydrogens (tertiary/aromatic N) is 2. The SMILES string of the molecule is CN=C(NCCNC(=O)C1CCCCC1)NCCc1cccc(C(=O)N(C)C)c1. The van der Waals surface area contributed by atoms with E-state index < -0.39 is 0 Å². The van der Waals surface area contributed by atoms with Gasteiger partial charge in [0, 0.05) is 52.3 Å². The summed E-state index contributed by atoms with van der Waals surface area (Å²) in [5, 5.41) is 9.51. The predicted molar refractivity (Wildman–Crippen MR) is 117 cm³/mol. The molecule has 0 heterocycles. The van der Waals surface area contributed by atoms with Gasteiger partial charge in [-0.25, -0.2) is 0 Å². The van der Waals surface area contributed by atoms with Crippen LogP contribution in [0, 0.1) is 5.92 Å². The number of benzene rings is 1. The van der Waals surface area contributed by atoms with E-state index in [2.05, 4.69) is 20.9 Å². The molecule has 1 aromatic carbocycles. The van der Waals surface area contributed by atoms with E-state index >= 15 is 0 Å². The van der Waals surface area contributed by atoms with Crippen LogP contribution in [0.4, 0.5) is 0 Å². The molecule has 1 aromatic rings. The van der Waals surface area contributed by atoms with Gasteiger partial charge in [0.05, 0.1) is 0 Å². The number of carbonyl (C=O) groups is 2. The summed E-state index contributed by atoms with van der Waals surface area (Å²) in [6.45, 7) is 1.92. The average Bonchev–Trinajstić information content (AvgIpc) is 2.75. The zero-order chi connectivity index (χ0) is 21.1. The van der Waals surface area contributed by atoms with Crippen LogP contribution in [0.2, 0.25) is 0 Å². The van der Waals surface area contributed by atoms with Crippen molar-refractivity contribution in [1.29, 1.82) is 0 Å². The van der Waals surface area contributed by atoms with Crippen molar-refractivity contribution in [3.8, 4) is 0 Å². The maximum absolute atomic E-state index is 12.1. The van der Waals surface area contributed by atoms with Crippen molar-refractivity contribution in [1.82, 2.24) is 20.9 Å². The van der Waals surface area contributed by atoms with E-state index in [-0.39, 0.29) is 17.7 Å². The molecule has 0 saturated heterocycles. The molecule has 29 heavy (non-hydrogen) atoms. The highest BCUT2D eigenvalue weighted by Crippen LogP contribution is 2.23. The minimum absolute atomic E-state index is 0.00700. The van der Waals surface area contributed by atoms with Gasteiger partial charge in [-0.3, -0.25) is 14.6 Å². The molecule has 1 aliphatic rings. The Balaban J connectivity index is 1.67. The lowest BCUT2D eigenvalue weighted by Crippen LogP contribution is -2.43. The third-order valence-electron chi connectivity index (χ3n) is 5.20. The van der Waals surface area contributed by atoms with Gasteiger partial charge in [0.2, 0.25) is 5.91 Å². The molecule has 2 amide bonds. The third-order valence-corrected chi connectivity index (χ3v) is 5.20. The zero-order valence-electron chi connectivity index (χ0n) is 18.0. The van der Waals surface area contributed by atoms with Gasteiger partial charge in [-0.15, -0.1) is 0 Å². The highest BCUT2D eigenvalue weighted by Gasteiger charge is 2.20. The second-order valence-corrected chi connectivity index (χ2v) is 7.70. The molecule has 160 valence electrons. The van der Waals surface area contributed by atoms with Crippen molar-refractivity contribution < 1.29 is 9.59 Å². The lowest BCUT2D eigenvalue weighted by Gasteiger charge is -2.21. The van der Waals surface area contributed by atoms with Gasteiger partial charge < -0.3 is 20.9 Å². The van der Waals surface area contributed by atoms with Gasteiger partial charge in [-0.2, -0.15) is 0 Å². The number of carbonyl (C=O) groups excluding carboxylic acids is 2. The van der Waals surface area contributed by atoms with Crippen molar-refractivity contribution in [3.05, 3.63) is 35.4 Å². The van der Waals surface area contributed by atoms with Crippen LogP contribution in [0.1, 0.15) is 48.0 Å². The van der Waals surface area contributed by atoms with E-state index in [1.165, 1.54) is 19.3 Å². The first-order valence-electron chi connectivity index (χ1n) is 10.5. The van der Waals surface area contributed by atoms with Crippen LogP contribution >= 0.6 is 0 Å². The summed E-state index contributed by atoms with van der Waals surface area (Å²) in [6, 6.07) is 7.70. The number of hydrogen-bond donors (Lipinski definition) is 3. The Morgan fingerprint density at radius 1 is 1.03 bits per heavy atom. The molecule has 0 aliphatic heterocycles. The minimum atomic E-state index is 0.00700. The monoisotopic (exact) mass is 401 g/mol. The zero-order valence-corrected chi connectivity index (χ0v) is 18.0. The highest BCUT2D eigenvalue weighted by atomic mass is 16.2. The highest BCUT2D eigenvalue weighted by molar-refractivity contribution is 5.94. The van der Waals surface area contributed by atoms with E-state index in [0.717, 1.165) is 24.8 Å². The maximum atomic E-state index is 12.1. The van der Waals surface area contributed by atoms with Crippen LogP contribution < -0.4 is 16.0 Å². The molecule has 0 bridgehead atoms. The molecular formula is C22H35N5O2. The predicted octanol–water partition coefficient (Wildman–Crippen LogP) is 1.79. The van der Waals surface area contributed by atoms with Gasteiger partial charge in [0.25, 0.3) is 5.91 Å². The molecule has 0 aromatic heterocycles. The molecule has 2 rings (SSSR count). The van der Waals surface area contributed by atoms with Crippen molar-refractivity contribution in [2.75, 3.05) is 40.8 Å². The Morgan fingerprint density at radius 3 is 2.41 bits per heavy atom. The minimum Gasteiger partial charge on any atom is -0.356 e. The Labute approximate surface area is 174 Å². The van der Waals surface area contributed by atoms with Gasteiger partial charge in [-0.05, 0) is 37.0 Å². The summed E-state index contributed by atoms with van der Waals surface area (Å²) in [5.74, 6) is 1.09. The Hall–Kier alpha value is -2.57. The molecule has 1 fully saturated rings. The molecule has 3 N–H and O–H groups in total. The number of guanidine groups is 1. The first kappa shape index (κ1) is 22.7. The third kappa shape index (κ3) is 7.75. The Morgan fingerprint density at radius 2 is 1.72 bits per heavy atom. The van der Waals surface area contributed by atoms with Crippen LogP contribution in [0.3, 0.4) is 0 Å². The molecule has 1 saturated carbocycles. The van der Waals surface area contributed by atoms with Gasteiger partial charge >= 0.3 is 0 Å². The van der Waals surface area contributed by atoms with Crippen LogP contribution in [0.25, 0.3) is 0 Å². The summed E-state index contributed by atoms with van der Waals surface area (Å²) in [5.41, 5.74) is 1.80. The summed E-state index contributed by atoms with van der Waals surface area (Å²) < 4.78 is 0. The van der Waals surface area contributed by atoms with Crippen LogP contribution in [-0.4, -0.2) is 63.5 Å². The molecule has 7 nitrogen and oxygen atoms in total. The van der Waals surface area contributed by atoms with Crippen LogP contribution in [0.15, 0.2) is 29.3 Å². The van der Waals surface area contributed by atoms with E-state index in [1.807, 2.05) is 24.3 Å². The van der Waals surface area contributed by atoms with Crippen molar-refractivity contribution in [3.63, 3.8) is 0 Å². The number of aliphatic imine (C=N–C) groups is 1. The average molecular weight is 402 g/mol. The first-order valence-corrected chi connectivity index (χ1v) is 10.5. The van der Waals surface area contributed by atoms with E-state index in [0.29, 0.717) is 31.2 Å². The second-order valence-electron chi connectivity index (χ2n) is 7.70. The number of hydrogen-bond acceptors (Lipinski definition) is 3. The molecular weight excluding hydrogens is 366 g/mol. The number of nitrogens with one attached hydrogen (secondary N) is 3. The molecule has 0 unspecified atom stereocenters. The number of amides is 2. The second kappa shape index (κ2) is 12.1. The fourth-order valence-electron chi connectivity index (χ4n) is 3.54. The summed E-state index contributed by atoms with van der Waals surface area (Å²) in [4.78, 5) is 30.0. The van der Waals surface area contributed by atoms with Gasteiger partial charge in [0.1, 0.15) is 0 Å². The molecule has 0 atom stereocenters. The van der Waals surface area contributed by atoms with Crippen molar-refractivity contribution in [2.24, 2.45) is 10.9 Å². The maximum Gasteiger partial charge on any atom is 0.253 e. The molecule has 1 aliphatic carbocycles. The molecule has 7 heteroatoms. The Bertz CT molecular complexity index is 696. The van der Waals surface area contributed by atoms with Gasteiger partial charge in [-0.1, -0.05) is 31.4 Å². The fourth-order valence-corrected chi connectivity index (χ4v) is 3.54. The fraction of sp³-hybridized carbons (Fsp3) is 0.591. The summed E-state index contributed by atoms with van der Waals surface area (Å²) in [7, 11) is 5.24. The van der Waals surface area contributed by atoms with Crippen LogP contribution in [-0.2, 0) is 11.2 Å². The van der Waals surface area contributed by atoms with Crippen LogP contribution in [0.5, 0.6) is 0 Å². The standard InChI is InChI=1S/C22H35N5O2/c1-23-22(26-15-14-24-20(28)18-9-5-4-6-10-18)25-13-12-17-8-7-11-19(16-17)21(29)27(2)3/h7-8,11,16,18H,4-6,9-10,12-15H2,1-3H3,(H,24,28)(H2,23,25,26). The first-order chi connectivity index (χ1) is 14.0. The molecule has 0 spiro atoms. The quantitative estimate of drug-likeness (QED) is 0.352. The van der Waals surface area contributed by atoms with E-state index in [4.69, 9.17) is 0 Å². The normalized spacial score (nSPS) is 14.9. The van der Waals surface area contributed by atoms with Gasteiger partial charge in [0.15, 0.2) is 5.96 Å². The largest absolute Gasteiger partial charge is 0.356 e. The molecule has 0 radical (unpaired) electrons. The van der Waals surface area contributed by atoms with Crippen molar-refractivity contribution in [2.45, 2.75) is 38.5 Å². The lowest BCUT2D eigenvalue weighted by molar-refractivity contribution is -0.125. The summed E-state index contributed by atoms with van der Waals surface area (Å²) in [6.07, 6.45) is 6.41. The summed E-state index contributed by atoms with van der Waals surface area (Å²) >= 11 is 0. The Kier molecular flexibility index (Phi) is 9.47. The lowest BCUT2D eigenvalue weighted by atomic mass is 9.89. The van der Waals surface area contributed by atoms with E-state index in [9.17, 15) is 9.59 Å².